The second-order valence-corrected chi connectivity index (χ2v) is 5.40. The summed E-state index contributed by atoms with van der Waals surface area (Å²) in [6.07, 6.45) is 1.10. The Morgan fingerprint density at radius 1 is 1.62 bits per heavy atom. The molecule has 1 aromatic rings. The molecule has 7 nitrogen and oxygen atoms in total. The predicted molar refractivity (Wildman–Crippen MR) is 75.8 cm³/mol. The van der Waals surface area contributed by atoms with Gasteiger partial charge in [-0.25, -0.2) is 0 Å². The third-order valence-corrected chi connectivity index (χ3v) is 4.08. The first-order chi connectivity index (χ1) is 9.88. The summed E-state index contributed by atoms with van der Waals surface area (Å²) >= 11 is 5.82. The number of aliphatic carboxylic acids is 1. The Morgan fingerprint density at radius 3 is 2.81 bits per heavy atom. The maximum Gasteiger partial charge on any atom is 0.324 e. The van der Waals surface area contributed by atoms with Crippen molar-refractivity contribution in [2.45, 2.75) is 30.9 Å². The van der Waals surface area contributed by atoms with Gasteiger partial charge in [0.25, 0.3) is 5.69 Å². The largest absolute Gasteiger partial charge is 0.490 e. The number of hydrogen-bond acceptors (Lipinski definition) is 5. The third-order valence-electron chi connectivity index (χ3n) is 3.78. The van der Waals surface area contributed by atoms with Gasteiger partial charge in [0.1, 0.15) is 22.4 Å². The minimum absolute atomic E-state index is 0.00592. The van der Waals surface area contributed by atoms with Crippen LogP contribution in [-0.4, -0.2) is 34.7 Å². The van der Waals surface area contributed by atoms with Crippen LogP contribution in [0.3, 0.4) is 0 Å². The van der Waals surface area contributed by atoms with Crippen molar-refractivity contribution in [1.82, 2.24) is 5.32 Å². The van der Waals surface area contributed by atoms with Crippen LogP contribution in [0.5, 0.6) is 5.75 Å². The summed E-state index contributed by atoms with van der Waals surface area (Å²) in [5.74, 6) is -0.509. The van der Waals surface area contributed by atoms with Gasteiger partial charge in [0.15, 0.2) is 0 Å². The zero-order valence-corrected chi connectivity index (χ0v) is 12.1. The number of nitrogens with one attached hydrogen (secondary N) is 1. The van der Waals surface area contributed by atoms with Crippen LogP contribution in [0.1, 0.15) is 19.3 Å². The number of nitro groups is 1. The average molecular weight is 315 g/mol. The number of likely N-dealkylation sites (N-methyl/N-ethyl adjacent to an activating group) is 1. The van der Waals surface area contributed by atoms with E-state index in [4.69, 9.17) is 16.3 Å². The van der Waals surface area contributed by atoms with Crippen molar-refractivity contribution in [2.75, 3.05) is 7.05 Å². The Bertz CT molecular complexity index is 580. The number of benzene rings is 1. The lowest BCUT2D eigenvalue weighted by Gasteiger charge is -2.23. The van der Waals surface area contributed by atoms with Crippen molar-refractivity contribution in [3.8, 4) is 5.75 Å². The fourth-order valence-electron chi connectivity index (χ4n) is 2.53. The first-order valence-corrected chi connectivity index (χ1v) is 6.78. The highest BCUT2D eigenvalue weighted by Gasteiger charge is 2.45. The maximum absolute atomic E-state index is 11.3. The van der Waals surface area contributed by atoms with E-state index >= 15 is 0 Å². The Morgan fingerprint density at radius 2 is 2.33 bits per heavy atom. The summed E-state index contributed by atoms with van der Waals surface area (Å²) in [5.41, 5.74) is -1.17. The number of nitrogens with zero attached hydrogens (tertiary/aromatic N) is 1. The summed E-state index contributed by atoms with van der Waals surface area (Å²) in [6.45, 7) is 0. The van der Waals surface area contributed by atoms with E-state index in [1.807, 2.05) is 0 Å². The molecule has 0 spiro atoms. The standard InChI is InChI=1S/C13H15ClN2O5/c1-15-13(12(17)18)5-4-9(7-13)21-8-2-3-11(16(19)20)10(14)6-8/h2-3,6,9,15H,4-5,7H2,1H3,(H,17,18). The molecule has 0 aromatic heterocycles. The number of carbonyl (C=O) groups is 1. The fraction of sp³-hybridized carbons (Fsp3) is 0.462. The molecule has 0 bridgehead atoms. The molecule has 8 heteroatoms. The zero-order valence-electron chi connectivity index (χ0n) is 11.3. The van der Waals surface area contributed by atoms with Gasteiger partial charge in [0, 0.05) is 18.6 Å². The van der Waals surface area contributed by atoms with Crippen LogP contribution in [0, 0.1) is 10.1 Å². The molecule has 21 heavy (non-hydrogen) atoms. The lowest BCUT2D eigenvalue weighted by Crippen LogP contribution is -2.48. The Kier molecular flexibility index (Phi) is 4.34. The quantitative estimate of drug-likeness (QED) is 0.638. The fourth-order valence-corrected chi connectivity index (χ4v) is 2.77. The molecule has 2 N–H and O–H groups in total. The maximum atomic E-state index is 11.3. The van der Waals surface area contributed by atoms with E-state index < -0.39 is 16.4 Å². The van der Waals surface area contributed by atoms with Crippen LogP contribution >= 0.6 is 11.6 Å². The van der Waals surface area contributed by atoms with Crippen LogP contribution in [0.25, 0.3) is 0 Å². The molecule has 114 valence electrons. The van der Waals surface area contributed by atoms with Gasteiger partial charge in [-0.3, -0.25) is 14.9 Å². The second-order valence-electron chi connectivity index (χ2n) is 4.99. The van der Waals surface area contributed by atoms with E-state index in [0.29, 0.717) is 25.0 Å². The molecule has 1 aromatic carbocycles. The van der Waals surface area contributed by atoms with Crippen LogP contribution in [0.4, 0.5) is 5.69 Å². The molecule has 2 rings (SSSR count). The molecule has 0 saturated heterocycles. The number of nitro benzene ring substituents is 1. The summed E-state index contributed by atoms with van der Waals surface area (Å²) < 4.78 is 5.69. The minimum atomic E-state index is -0.977. The first-order valence-electron chi connectivity index (χ1n) is 6.41. The van der Waals surface area contributed by atoms with Gasteiger partial charge in [-0.15, -0.1) is 0 Å². The van der Waals surface area contributed by atoms with Crippen molar-refractivity contribution in [3.63, 3.8) is 0 Å². The van der Waals surface area contributed by atoms with Crippen LogP contribution in [-0.2, 0) is 4.79 Å². The first kappa shape index (κ1) is 15.5. The van der Waals surface area contributed by atoms with E-state index in [9.17, 15) is 20.0 Å². The molecule has 2 atom stereocenters. The number of halogens is 1. The molecule has 1 aliphatic rings. The summed E-state index contributed by atoms with van der Waals surface area (Å²) in [5, 5.41) is 22.8. The molecule has 0 heterocycles. The van der Waals surface area contributed by atoms with E-state index in [1.54, 1.807) is 7.05 Å². The van der Waals surface area contributed by atoms with E-state index in [1.165, 1.54) is 18.2 Å². The summed E-state index contributed by atoms with van der Waals surface area (Å²) in [6, 6.07) is 4.11. The Balaban J connectivity index is 2.09. The van der Waals surface area contributed by atoms with Crippen molar-refractivity contribution < 1.29 is 19.6 Å². The molecule has 0 radical (unpaired) electrons. The molecule has 0 aliphatic heterocycles. The van der Waals surface area contributed by atoms with Gasteiger partial charge in [0.05, 0.1) is 4.92 Å². The number of carboxylic acid groups (broad SMARTS) is 1. The smallest absolute Gasteiger partial charge is 0.324 e. The molecule has 1 fully saturated rings. The van der Waals surface area contributed by atoms with Gasteiger partial charge < -0.3 is 15.2 Å². The molecule has 1 aliphatic carbocycles. The van der Waals surface area contributed by atoms with Crippen LogP contribution < -0.4 is 10.1 Å². The topological polar surface area (TPSA) is 102 Å². The van der Waals surface area contributed by atoms with Crippen molar-refractivity contribution in [2.24, 2.45) is 0 Å². The molecule has 0 amide bonds. The minimum Gasteiger partial charge on any atom is -0.490 e. The lowest BCUT2D eigenvalue weighted by atomic mass is 9.98. The molecular weight excluding hydrogens is 300 g/mol. The highest BCUT2D eigenvalue weighted by Crippen LogP contribution is 2.35. The Hall–Kier alpha value is -1.86. The predicted octanol–water partition coefficient (Wildman–Crippen LogP) is 2.22. The van der Waals surface area contributed by atoms with Crippen molar-refractivity contribution >= 4 is 23.3 Å². The van der Waals surface area contributed by atoms with Gasteiger partial charge in [-0.2, -0.15) is 0 Å². The average Bonchev–Trinajstić information content (AvgIpc) is 2.83. The highest BCUT2D eigenvalue weighted by atomic mass is 35.5. The van der Waals surface area contributed by atoms with Gasteiger partial charge in [-0.1, -0.05) is 11.6 Å². The van der Waals surface area contributed by atoms with Gasteiger partial charge >= 0.3 is 5.97 Å². The SMILES string of the molecule is CNC1(C(=O)O)CCC(Oc2ccc([N+](=O)[O-])c(Cl)c2)C1. The van der Waals surface area contributed by atoms with Crippen LogP contribution in [0.2, 0.25) is 5.02 Å². The normalized spacial score (nSPS) is 24.8. The number of ether oxygens (including phenoxy) is 1. The lowest BCUT2D eigenvalue weighted by molar-refractivity contribution is -0.384. The zero-order chi connectivity index (χ0) is 15.6. The monoisotopic (exact) mass is 314 g/mol. The van der Waals surface area contributed by atoms with E-state index in [0.717, 1.165) is 0 Å². The number of carboxylic acids is 1. The number of rotatable bonds is 5. The van der Waals surface area contributed by atoms with E-state index in [2.05, 4.69) is 5.32 Å². The summed E-state index contributed by atoms with van der Waals surface area (Å²) in [7, 11) is 1.61. The number of hydrogen-bond donors (Lipinski definition) is 2. The highest BCUT2D eigenvalue weighted by molar-refractivity contribution is 6.32. The van der Waals surface area contributed by atoms with Crippen molar-refractivity contribution in [1.29, 1.82) is 0 Å². The molecular formula is C13H15ClN2O5. The van der Waals surface area contributed by atoms with Crippen molar-refractivity contribution in [3.05, 3.63) is 33.3 Å². The van der Waals surface area contributed by atoms with Gasteiger partial charge in [0.2, 0.25) is 0 Å². The third kappa shape index (κ3) is 3.08. The summed E-state index contributed by atoms with van der Waals surface area (Å²) in [4.78, 5) is 21.4. The van der Waals surface area contributed by atoms with Gasteiger partial charge in [-0.05, 0) is 26.0 Å². The second kappa shape index (κ2) is 5.87. The molecule has 2 unspecified atom stereocenters. The molecule has 1 saturated carbocycles. The van der Waals surface area contributed by atoms with Crippen LogP contribution in [0.15, 0.2) is 18.2 Å². The Labute approximate surface area is 126 Å². The van der Waals surface area contributed by atoms with E-state index in [-0.39, 0.29) is 16.8 Å².